The minimum Gasteiger partial charge on any atom is -0.480 e. The van der Waals surface area contributed by atoms with Crippen molar-refractivity contribution < 1.29 is 23.1 Å². The number of benzene rings is 1. The van der Waals surface area contributed by atoms with Crippen molar-refractivity contribution in [3.63, 3.8) is 0 Å². The second-order valence-corrected chi connectivity index (χ2v) is 8.88. The van der Waals surface area contributed by atoms with Crippen LogP contribution in [0.2, 0.25) is 0 Å². The summed E-state index contributed by atoms with van der Waals surface area (Å²) < 4.78 is 25.1. The Kier molecular flexibility index (Phi) is 6.21. The first-order valence-corrected chi connectivity index (χ1v) is 10.2. The molecule has 1 aliphatic carbocycles. The average molecular weight is 367 g/mol. The fraction of sp³-hybridized carbons (Fsp3) is 0.556. The molecule has 0 aliphatic heterocycles. The van der Waals surface area contributed by atoms with E-state index in [1.54, 1.807) is 6.92 Å². The zero-order valence-corrected chi connectivity index (χ0v) is 15.4. The highest BCUT2D eigenvalue weighted by Gasteiger charge is 2.30. The third kappa shape index (κ3) is 4.39. The molecule has 1 amide bonds. The lowest BCUT2D eigenvalue weighted by Gasteiger charge is -2.20. The molecule has 25 heavy (non-hydrogen) atoms. The molecule has 7 heteroatoms. The van der Waals surface area contributed by atoms with Crippen LogP contribution in [0, 0.1) is 5.92 Å². The van der Waals surface area contributed by atoms with Crippen LogP contribution in [0.3, 0.4) is 0 Å². The maximum Gasteiger partial charge on any atom is 0.326 e. The average Bonchev–Trinajstić information content (AvgIpc) is 3.14. The first kappa shape index (κ1) is 19.4. The number of nitrogens with one attached hydrogen (secondary N) is 1. The Bertz CT molecular complexity index is 720. The number of hydrogen-bond acceptors (Lipinski definition) is 4. The molecule has 0 heterocycles. The lowest BCUT2D eigenvalue weighted by molar-refractivity contribution is -0.140. The molecule has 0 bridgehead atoms. The van der Waals surface area contributed by atoms with Crippen molar-refractivity contribution in [2.75, 3.05) is 0 Å². The van der Waals surface area contributed by atoms with E-state index in [0.29, 0.717) is 19.3 Å². The predicted octanol–water partition coefficient (Wildman–Crippen LogP) is 2.63. The molecule has 1 saturated carbocycles. The van der Waals surface area contributed by atoms with E-state index in [4.69, 9.17) is 0 Å². The van der Waals surface area contributed by atoms with Gasteiger partial charge in [-0.1, -0.05) is 33.1 Å². The maximum absolute atomic E-state index is 12.5. The summed E-state index contributed by atoms with van der Waals surface area (Å²) in [7, 11) is -3.36. The minimum absolute atomic E-state index is 0.205. The molecule has 138 valence electrons. The monoisotopic (exact) mass is 367 g/mol. The Morgan fingerprint density at radius 2 is 1.76 bits per heavy atom. The summed E-state index contributed by atoms with van der Waals surface area (Å²) in [6, 6.07) is 4.77. The van der Waals surface area contributed by atoms with Crippen LogP contribution in [0.25, 0.3) is 0 Å². The fourth-order valence-corrected chi connectivity index (χ4v) is 4.95. The second-order valence-electron chi connectivity index (χ2n) is 6.65. The van der Waals surface area contributed by atoms with E-state index in [2.05, 4.69) is 5.32 Å². The van der Waals surface area contributed by atoms with Gasteiger partial charge in [-0.25, -0.2) is 13.2 Å². The summed E-state index contributed by atoms with van der Waals surface area (Å²) in [6.07, 6.45) is 3.84. The standard InChI is InChI=1S/C18H25NO5S/c1-3-12(2)16(18(21)22)19-17(20)13-8-10-15(11-9-13)25(23,24)14-6-4-5-7-14/h8-12,14,16H,3-7H2,1-2H3,(H,19,20)(H,21,22)/t12-,16-/m0/s1. The number of carbonyl (C=O) groups excluding carboxylic acids is 1. The molecule has 1 aromatic carbocycles. The maximum atomic E-state index is 12.5. The van der Waals surface area contributed by atoms with Gasteiger partial charge >= 0.3 is 5.97 Å². The van der Waals surface area contributed by atoms with E-state index in [9.17, 15) is 23.1 Å². The zero-order chi connectivity index (χ0) is 18.6. The molecular formula is C18H25NO5S. The van der Waals surface area contributed by atoms with E-state index < -0.39 is 27.8 Å². The highest BCUT2D eigenvalue weighted by molar-refractivity contribution is 7.92. The molecule has 0 radical (unpaired) electrons. The van der Waals surface area contributed by atoms with E-state index in [1.807, 2.05) is 6.92 Å². The molecule has 0 saturated heterocycles. The van der Waals surface area contributed by atoms with Crippen LogP contribution >= 0.6 is 0 Å². The summed E-state index contributed by atoms with van der Waals surface area (Å²) in [5.41, 5.74) is 0.250. The van der Waals surface area contributed by atoms with Crippen LogP contribution in [0.15, 0.2) is 29.2 Å². The fourth-order valence-electron chi connectivity index (χ4n) is 3.09. The van der Waals surface area contributed by atoms with E-state index >= 15 is 0 Å². The normalized spacial score (nSPS) is 17.8. The third-order valence-corrected chi connectivity index (χ3v) is 7.23. The molecule has 2 atom stereocenters. The van der Waals surface area contributed by atoms with Crippen molar-refractivity contribution in [3.05, 3.63) is 29.8 Å². The van der Waals surface area contributed by atoms with Gasteiger partial charge in [-0.3, -0.25) is 4.79 Å². The molecule has 2 rings (SSSR count). The Balaban J connectivity index is 2.13. The molecule has 1 aliphatic rings. The van der Waals surface area contributed by atoms with Gasteiger partial charge in [0.1, 0.15) is 6.04 Å². The van der Waals surface area contributed by atoms with E-state index in [1.165, 1.54) is 24.3 Å². The molecule has 2 N–H and O–H groups in total. The molecule has 0 aromatic heterocycles. The lowest BCUT2D eigenvalue weighted by atomic mass is 9.99. The van der Waals surface area contributed by atoms with Crippen LogP contribution < -0.4 is 5.32 Å². The van der Waals surface area contributed by atoms with Gasteiger partial charge in [0, 0.05) is 5.56 Å². The van der Waals surface area contributed by atoms with Crippen molar-refractivity contribution in [2.45, 2.75) is 62.1 Å². The van der Waals surface area contributed by atoms with Gasteiger partial charge < -0.3 is 10.4 Å². The molecule has 1 fully saturated rings. The smallest absolute Gasteiger partial charge is 0.326 e. The summed E-state index contributed by atoms with van der Waals surface area (Å²) in [4.78, 5) is 23.8. The van der Waals surface area contributed by atoms with Gasteiger partial charge in [-0.2, -0.15) is 0 Å². The van der Waals surface area contributed by atoms with Crippen LogP contribution in [0.4, 0.5) is 0 Å². The minimum atomic E-state index is -3.36. The largest absolute Gasteiger partial charge is 0.480 e. The van der Waals surface area contributed by atoms with Gasteiger partial charge in [0.25, 0.3) is 5.91 Å². The van der Waals surface area contributed by atoms with Gasteiger partial charge in [0.15, 0.2) is 9.84 Å². The molecular weight excluding hydrogens is 342 g/mol. The van der Waals surface area contributed by atoms with Gasteiger partial charge in [0.05, 0.1) is 10.1 Å². The van der Waals surface area contributed by atoms with Crippen LogP contribution in [0.5, 0.6) is 0 Å². The number of carboxylic acids is 1. The van der Waals surface area contributed by atoms with Gasteiger partial charge in [-0.05, 0) is 43.0 Å². The highest BCUT2D eigenvalue weighted by atomic mass is 32.2. The molecule has 0 unspecified atom stereocenters. The molecule has 0 spiro atoms. The van der Waals surface area contributed by atoms with Crippen LogP contribution in [-0.2, 0) is 14.6 Å². The van der Waals surface area contributed by atoms with Gasteiger partial charge in [-0.15, -0.1) is 0 Å². The zero-order valence-electron chi connectivity index (χ0n) is 14.6. The van der Waals surface area contributed by atoms with E-state index in [-0.39, 0.29) is 21.6 Å². The van der Waals surface area contributed by atoms with Crippen molar-refractivity contribution in [2.24, 2.45) is 5.92 Å². The SMILES string of the molecule is CC[C@H](C)[C@H](NC(=O)c1ccc(S(=O)(=O)C2CCCC2)cc1)C(=O)O. The lowest BCUT2D eigenvalue weighted by Crippen LogP contribution is -2.45. The predicted molar refractivity (Wildman–Crippen MR) is 94.2 cm³/mol. The van der Waals surface area contributed by atoms with E-state index in [0.717, 1.165) is 12.8 Å². The number of hydrogen-bond donors (Lipinski definition) is 2. The summed E-state index contributed by atoms with van der Waals surface area (Å²) in [5.74, 6) is -1.80. The third-order valence-electron chi connectivity index (χ3n) is 4.95. The summed E-state index contributed by atoms with van der Waals surface area (Å²) >= 11 is 0. The number of rotatable bonds is 7. The quantitative estimate of drug-likeness (QED) is 0.771. The number of sulfone groups is 1. The first-order chi connectivity index (χ1) is 11.8. The first-order valence-electron chi connectivity index (χ1n) is 8.65. The Hall–Kier alpha value is -1.89. The number of carbonyl (C=O) groups is 2. The summed E-state index contributed by atoms with van der Waals surface area (Å²) in [5, 5.41) is 11.4. The Morgan fingerprint density at radius 3 is 2.24 bits per heavy atom. The highest BCUT2D eigenvalue weighted by Crippen LogP contribution is 2.29. The topological polar surface area (TPSA) is 101 Å². The van der Waals surface area contributed by atoms with Crippen LogP contribution in [0.1, 0.15) is 56.3 Å². The molecule has 6 nitrogen and oxygen atoms in total. The molecule has 1 aromatic rings. The van der Waals surface area contributed by atoms with Gasteiger partial charge in [0.2, 0.25) is 0 Å². The van der Waals surface area contributed by atoms with Crippen molar-refractivity contribution in [1.82, 2.24) is 5.32 Å². The summed E-state index contributed by atoms with van der Waals surface area (Å²) in [6.45, 7) is 3.62. The van der Waals surface area contributed by atoms with Crippen LogP contribution in [-0.4, -0.2) is 36.7 Å². The van der Waals surface area contributed by atoms with Crippen molar-refractivity contribution >= 4 is 21.7 Å². The number of aliphatic carboxylic acids is 1. The Labute approximate surface area is 148 Å². The number of carboxylic acid groups (broad SMARTS) is 1. The van der Waals surface area contributed by atoms with Crippen molar-refractivity contribution in [1.29, 1.82) is 0 Å². The Morgan fingerprint density at radius 1 is 1.20 bits per heavy atom. The van der Waals surface area contributed by atoms with Crippen molar-refractivity contribution in [3.8, 4) is 0 Å². The second kappa shape index (κ2) is 7.99. The number of amides is 1.